The van der Waals surface area contributed by atoms with Crippen molar-refractivity contribution in [2.24, 2.45) is 0 Å². The van der Waals surface area contributed by atoms with Crippen LogP contribution in [0.4, 0.5) is 0 Å². The molecule has 3 nitrogen and oxygen atoms in total. The summed E-state index contributed by atoms with van der Waals surface area (Å²) in [5, 5.41) is 3.38. The lowest BCUT2D eigenvalue weighted by atomic mass is 10.2. The molecular weight excluding hydrogens is 212 g/mol. The fourth-order valence-corrected chi connectivity index (χ4v) is 2.22. The Balaban J connectivity index is 1.60. The third kappa shape index (κ3) is 3.20. The van der Waals surface area contributed by atoms with Gasteiger partial charge in [0.25, 0.3) is 0 Å². The topological polar surface area (TPSA) is 24.5 Å². The number of ether oxygens (including phenoxy) is 1. The molecule has 3 heteroatoms. The maximum atomic E-state index is 5.82. The van der Waals surface area contributed by atoms with Crippen molar-refractivity contribution in [1.29, 1.82) is 0 Å². The number of hydrogen-bond acceptors (Lipinski definition) is 3. The van der Waals surface area contributed by atoms with Crippen LogP contribution in [-0.2, 0) is 6.54 Å². The van der Waals surface area contributed by atoms with E-state index in [9.17, 15) is 0 Å². The Morgan fingerprint density at radius 3 is 2.82 bits per heavy atom. The zero-order chi connectivity index (χ0) is 11.5. The molecule has 17 heavy (non-hydrogen) atoms. The van der Waals surface area contributed by atoms with Crippen LogP contribution < -0.4 is 10.1 Å². The molecule has 0 atom stereocenters. The van der Waals surface area contributed by atoms with Crippen LogP contribution in [0.3, 0.4) is 0 Å². The Morgan fingerprint density at radius 1 is 1.24 bits per heavy atom. The van der Waals surface area contributed by atoms with Gasteiger partial charge in [-0.3, -0.25) is 4.90 Å². The van der Waals surface area contributed by atoms with E-state index in [4.69, 9.17) is 4.74 Å². The Morgan fingerprint density at radius 2 is 2.06 bits per heavy atom. The molecule has 0 radical (unpaired) electrons. The van der Waals surface area contributed by atoms with Gasteiger partial charge >= 0.3 is 0 Å². The first-order valence-corrected chi connectivity index (χ1v) is 6.59. The van der Waals surface area contributed by atoms with Crippen LogP contribution in [0, 0.1) is 0 Å². The maximum Gasteiger partial charge on any atom is 0.120 e. The number of hydrogen-bond donors (Lipinski definition) is 1. The summed E-state index contributed by atoms with van der Waals surface area (Å²) in [5.74, 6) is 1.04. The number of nitrogens with zero attached hydrogens (tertiary/aromatic N) is 1. The first kappa shape index (κ1) is 11.1. The van der Waals surface area contributed by atoms with E-state index in [0.29, 0.717) is 6.10 Å². The summed E-state index contributed by atoms with van der Waals surface area (Å²) in [5.41, 5.74) is 1.37. The van der Waals surface area contributed by atoms with E-state index in [0.717, 1.165) is 38.5 Å². The first-order valence-electron chi connectivity index (χ1n) is 6.59. The summed E-state index contributed by atoms with van der Waals surface area (Å²) in [6, 6.07) is 8.57. The normalized spacial score (nSPS) is 21.4. The summed E-state index contributed by atoms with van der Waals surface area (Å²) >= 11 is 0. The second-order valence-corrected chi connectivity index (χ2v) is 4.99. The molecule has 0 unspecified atom stereocenters. The highest BCUT2D eigenvalue weighted by Crippen LogP contribution is 2.27. The molecule has 1 aliphatic heterocycles. The largest absolute Gasteiger partial charge is 0.490 e. The molecule has 1 heterocycles. The minimum atomic E-state index is 0.490. The van der Waals surface area contributed by atoms with Crippen LogP contribution in [-0.4, -0.2) is 37.2 Å². The molecule has 0 aromatic heterocycles. The van der Waals surface area contributed by atoms with Crippen LogP contribution in [0.1, 0.15) is 18.4 Å². The Bertz CT molecular complexity index is 370. The molecule has 0 amide bonds. The van der Waals surface area contributed by atoms with Gasteiger partial charge in [-0.05, 0) is 30.5 Å². The van der Waals surface area contributed by atoms with Crippen LogP contribution in [0.2, 0.25) is 0 Å². The fourth-order valence-electron chi connectivity index (χ4n) is 2.22. The van der Waals surface area contributed by atoms with Gasteiger partial charge in [-0.25, -0.2) is 0 Å². The molecule has 0 bridgehead atoms. The monoisotopic (exact) mass is 232 g/mol. The average Bonchev–Trinajstić information content (AvgIpc) is 3.15. The molecule has 1 aromatic rings. The summed E-state index contributed by atoms with van der Waals surface area (Å²) in [7, 11) is 0. The van der Waals surface area contributed by atoms with Crippen molar-refractivity contribution in [3.05, 3.63) is 29.8 Å². The number of nitrogens with one attached hydrogen (secondary N) is 1. The number of piperazine rings is 1. The predicted octanol–water partition coefficient (Wildman–Crippen LogP) is 1.63. The van der Waals surface area contributed by atoms with E-state index in [-0.39, 0.29) is 0 Å². The molecule has 0 spiro atoms. The van der Waals surface area contributed by atoms with Crippen LogP contribution >= 0.6 is 0 Å². The average molecular weight is 232 g/mol. The Labute approximate surface area is 103 Å². The SMILES string of the molecule is c1cc(CN2CCNCC2)cc(OC2CC2)c1. The Hall–Kier alpha value is -1.06. The zero-order valence-electron chi connectivity index (χ0n) is 10.2. The van der Waals surface area contributed by atoms with Crippen LogP contribution in [0.15, 0.2) is 24.3 Å². The van der Waals surface area contributed by atoms with Crippen molar-refractivity contribution < 1.29 is 4.74 Å². The number of rotatable bonds is 4. The molecule has 92 valence electrons. The van der Waals surface area contributed by atoms with Gasteiger partial charge in [0.2, 0.25) is 0 Å². The van der Waals surface area contributed by atoms with E-state index in [2.05, 4.69) is 34.5 Å². The van der Waals surface area contributed by atoms with Gasteiger partial charge < -0.3 is 10.1 Å². The van der Waals surface area contributed by atoms with Gasteiger partial charge in [-0.1, -0.05) is 12.1 Å². The minimum absolute atomic E-state index is 0.490. The van der Waals surface area contributed by atoms with Crippen molar-refractivity contribution in [2.75, 3.05) is 26.2 Å². The highest BCUT2D eigenvalue weighted by Gasteiger charge is 2.23. The third-order valence-electron chi connectivity index (χ3n) is 3.34. The van der Waals surface area contributed by atoms with Gasteiger partial charge in [0.1, 0.15) is 5.75 Å². The van der Waals surface area contributed by atoms with E-state index in [1.165, 1.54) is 18.4 Å². The first-order chi connectivity index (χ1) is 8.40. The van der Waals surface area contributed by atoms with Crippen LogP contribution in [0.25, 0.3) is 0 Å². The smallest absolute Gasteiger partial charge is 0.120 e. The Kier molecular flexibility index (Phi) is 3.29. The van der Waals surface area contributed by atoms with Gasteiger partial charge in [-0.2, -0.15) is 0 Å². The highest BCUT2D eigenvalue weighted by molar-refractivity contribution is 5.29. The molecule has 1 saturated carbocycles. The van der Waals surface area contributed by atoms with Crippen molar-refractivity contribution in [1.82, 2.24) is 10.2 Å². The second-order valence-electron chi connectivity index (χ2n) is 4.99. The standard InChI is InChI=1S/C14H20N2O/c1-2-12(11-16-8-6-15-7-9-16)10-14(3-1)17-13-4-5-13/h1-3,10,13,15H,4-9,11H2. The van der Waals surface area contributed by atoms with Crippen molar-refractivity contribution in [3.63, 3.8) is 0 Å². The van der Waals surface area contributed by atoms with E-state index in [1.807, 2.05) is 0 Å². The maximum absolute atomic E-state index is 5.82. The molecule has 1 aliphatic carbocycles. The molecule has 2 fully saturated rings. The third-order valence-corrected chi connectivity index (χ3v) is 3.34. The molecule has 1 aromatic carbocycles. The zero-order valence-corrected chi connectivity index (χ0v) is 10.2. The molecule has 2 aliphatic rings. The minimum Gasteiger partial charge on any atom is -0.490 e. The highest BCUT2D eigenvalue weighted by atomic mass is 16.5. The van der Waals surface area contributed by atoms with Crippen LogP contribution in [0.5, 0.6) is 5.75 Å². The van der Waals surface area contributed by atoms with Gasteiger partial charge in [0.15, 0.2) is 0 Å². The van der Waals surface area contributed by atoms with Gasteiger partial charge in [0, 0.05) is 32.7 Å². The van der Waals surface area contributed by atoms with Crippen molar-refractivity contribution in [3.8, 4) is 5.75 Å². The van der Waals surface area contributed by atoms with E-state index < -0.39 is 0 Å². The lowest BCUT2D eigenvalue weighted by Crippen LogP contribution is -2.42. The lowest BCUT2D eigenvalue weighted by molar-refractivity contribution is 0.232. The predicted molar refractivity (Wildman–Crippen MR) is 68.2 cm³/mol. The van der Waals surface area contributed by atoms with E-state index >= 15 is 0 Å². The molecule has 1 N–H and O–H groups in total. The molecule has 3 rings (SSSR count). The lowest BCUT2D eigenvalue weighted by Gasteiger charge is -2.27. The van der Waals surface area contributed by atoms with E-state index in [1.54, 1.807) is 0 Å². The van der Waals surface area contributed by atoms with Gasteiger partial charge in [-0.15, -0.1) is 0 Å². The van der Waals surface area contributed by atoms with Crippen molar-refractivity contribution >= 4 is 0 Å². The van der Waals surface area contributed by atoms with Crippen molar-refractivity contribution in [2.45, 2.75) is 25.5 Å². The number of benzene rings is 1. The van der Waals surface area contributed by atoms with Gasteiger partial charge in [0.05, 0.1) is 6.10 Å². The quantitative estimate of drug-likeness (QED) is 0.854. The second kappa shape index (κ2) is 5.07. The fraction of sp³-hybridized carbons (Fsp3) is 0.571. The summed E-state index contributed by atoms with van der Waals surface area (Å²) in [4.78, 5) is 2.49. The molecule has 1 saturated heterocycles. The summed E-state index contributed by atoms with van der Waals surface area (Å²) < 4.78 is 5.82. The molecular formula is C14H20N2O. The summed E-state index contributed by atoms with van der Waals surface area (Å²) in [6.07, 6.45) is 2.94. The summed E-state index contributed by atoms with van der Waals surface area (Å²) in [6.45, 7) is 5.56.